The summed E-state index contributed by atoms with van der Waals surface area (Å²) in [6.07, 6.45) is 0.979. The van der Waals surface area contributed by atoms with Crippen molar-refractivity contribution in [3.63, 3.8) is 0 Å². The van der Waals surface area contributed by atoms with E-state index in [1.165, 1.54) is 4.88 Å². The first-order valence-corrected chi connectivity index (χ1v) is 7.94. The minimum Gasteiger partial charge on any atom is -0.478 e. The van der Waals surface area contributed by atoms with Crippen LogP contribution in [0.1, 0.15) is 22.2 Å². The number of likely N-dealkylation sites (N-methyl/N-ethyl adjacent to an activating group) is 1. The first kappa shape index (κ1) is 15.1. The van der Waals surface area contributed by atoms with Crippen molar-refractivity contribution in [1.29, 1.82) is 0 Å². The molecular weight excluding hydrogens is 338 g/mol. The van der Waals surface area contributed by atoms with E-state index < -0.39 is 5.97 Å². The second-order valence-corrected chi connectivity index (χ2v) is 6.60. The van der Waals surface area contributed by atoms with Crippen LogP contribution in [-0.2, 0) is 6.42 Å². The zero-order valence-corrected chi connectivity index (χ0v) is 13.7. The largest absolute Gasteiger partial charge is 0.478 e. The minimum absolute atomic E-state index is 0.285. The quantitative estimate of drug-likeness (QED) is 0.872. The number of carbonyl (C=O) groups is 1. The Balaban J connectivity index is 2.14. The molecule has 1 unspecified atom stereocenters. The van der Waals surface area contributed by atoms with Crippen LogP contribution in [0.25, 0.3) is 0 Å². The Hall–Kier alpha value is -1.33. The summed E-state index contributed by atoms with van der Waals surface area (Å²) < 4.78 is 0.609. The molecule has 1 atom stereocenters. The number of rotatable bonds is 5. The molecule has 1 heterocycles. The van der Waals surface area contributed by atoms with Gasteiger partial charge in [0.2, 0.25) is 0 Å². The monoisotopic (exact) mass is 353 g/mol. The van der Waals surface area contributed by atoms with Gasteiger partial charge in [0.05, 0.1) is 5.56 Å². The van der Waals surface area contributed by atoms with E-state index in [4.69, 9.17) is 5.11 Å². The standard InChI is InChI=1S/C15H16BrNO2S/c1-10(8-12-4-3-7-20-12)17(2)11-5-6-13(15(18)19)14(16)9-11/h3-7,9-10H,8H2,1-2H3,(H,18,19). The third kappa shape index (κ3) is 3.41. The highest BCUT2D eigenvalue weighted by Crippen LogP contribution is 2.26. The lowest BCUT2D eigenvalue weighted by Gasteiger charge is -2.27. The van der Waals surface area contributed by atoms with Crippen molar-refractivity contribution in [1.82, 2.24) is 0 Å². The molecule has 1 aromatic carbocycles. The van der Waals surface area contributed by atoms with Crippen LogP contribution in [0.5, 0.6) is 0 Å². The Morgan fingerprint density at radius 3 is 2.75 bits per heavy atom. The zero-order valence-electron chi connectivity index (χ0n) is 11.3. The molecule has 3 nitrogen and oxygen atoms in total. The van der Waals surface area contributed by atoms with Crippen LogP contribution in [0, 0.1) is 0 Å². The van der Waals surface area contributed by atoms with Gasteiger partial charge >= 0.3 is 5.97 Å². The summed E-state index contributed by atoms with van der Waals surface area (Å²) in [5, 5.41) is 11.1. The molecule has 0 fully saturated rings. The van der Waals surface area contributed by atoms with Crippen LogP contribution in [0.4, 0.5) is 5.69 Å². The van der Waals surface area contributed by atoms with Crippen molar-refractivity contribution in [3.05, 3.63) is 50.6 Å². The van der Waals surface area contributed by atoms with Gasteiger partial charge in [-0.05, 0) is 52.5 Å². The summed E-state index contributed by atoms with van der Waals surface area (Å²) in [7, 11) is 2.03. The smallest absolute Gasteiger partial charge is 0.336 e. The van der Waals surface area contributed by atoms with E-state index in [2.05, 4.69) is 45.3 Å². The fourth-order valence-corrected chi connectivity index (χ4v) is 3.37. The highest BCUT2D eigenvalue weighted by molar-refractivity contribution is 9.10. The van der Waals surface area contributed by atoms with Gasteiger partial charge in [0.1, 0.15) is 0 Å². The molecule has 0 aliphatic rings. The molecule has 106 valence electrons. The van der Waals surface area contributed by atoms with E-state index in [-0.39, 0.29) is 5.56 Å². The minimum atomic E-state index is -0.919. The SMILES string of the molecule is CC(Cc1cccs1)N(C)c1ccc(C(=O)O)c(Br)c1. The number of halogens is 1. The second-order valence-electron chi connectivity index (χ2n) is 4.71. The Kier molecular flexibility index (Phi) is 4.83. The van der Waals surface area contributed by atoms with E-state index in [9.17, 15) is 4.79 Å². The molecule has 2 rings (SSSR count). The van der Waals surface area contributed by atoms with Crippen LogP contribution in [0.2, 0.25) is 0 Å². The topological polar surface area (TPSA) is 40.5 Å². The van der Waals surface area contributed by atoms with Crippen LogP contribution in [0.3, 0.4) is 0 Å². The second kappa shape index (κ2) is 6.41. The van der Waals surface area contributed by atoms with Gasteiger partial charge in [-0.3, -0.25) is 0 Å². The fourth-order valence-electron chi connectivity index (χ4n) is 2.01. The summed E-state index contributed by atoms with van der Waals surface area (Å²) in [5.41, 5.74) is 1.29. The predicted molar refractivity (Wildman–Crippen MR) is 87.0 cm³/mol. The van der Waals surface area contributed by atoms with Crippen molar-refractivity contribution in [2.24, 2.45) is 0 Å². The number of anilines is 1. The molecule has 0 bridgehead atoms. The van der Waals surface area contributed by atoms with Gasteiger partial charge in [-0.2, -0.15) is 0 Å². The third-order valence-corrected chi connectivity index (χ3v) is 4.88. The molecule has 0 saturated carbocycles. The highest BCUT2D eigenvalue weighted by atomic mass is 79.9. The van der Waals surface area contributed by atoms with Crippen molar-refractivity contribution in [3.8, 4) is 0 Å². The number of benzene rings is 1. The van der Waals surface area contributed by atoms with Gasteiger partial charge in [0.25, 0.3) is 0 Å². The molecule has 0 aliphatic heterocycles. The number of hydrogen-bond acceptors (Lipinski definition) is 3. The van der Waals surface area contributed by atoms with Gasteiger partial charge < -0.3 is 10.0 Å². The first-order valence-electron chi connectivity index (χ1n) is 6.27. The number of carboxylic acids is 1. The molecule has 20 heavy (non-hydrogen) atoms. The number of nitrogens with zero attached hydrogens (tertiary/aromatic N) is 1. The third-order valence-electron chi connectivity index (χ3n) is 3.33. The Labute approximate surface area is 131 Å². The molecule has 0 saturated heterocycles. The summed E-state index contributed by atoms with van der Waals surface area (Å²) >= 11 is 5.08. The van der Waals surface area contributed by atoms with E-state index >= 15 is 0 Å². The van der Waals surface area contributed by atoms with Gasteiger partial charge in [0.15, 0.2) is 0 Å². The van der Waals surface area contributed by atoms with Crippen molar-refractivity contribution in [2.75, 3.05) is 11.9 Å². The fraction of sp³-hybridized carbons (Fsp3) is 0.267. The Morgan fingerprint density at radius 1 is 1.45 bits per heavy atom. The molecule has 1 aromatic heterocycles. The Morgan fingerprint density at radius 2 is 2.20 bits per heavy atom. The summed E-state index contributed by atoms with van der Waals surface area (Å²) in [6, 6.07) is 9.88. The van der Waals surface area contributed by atoms with Crippen LogP contribution >= 0.6 is 27.3 Å². The lowest BCUT2D eigenvalue weighted by atomic mass is 10.1. The maximum Gasteiger partial charge on any atom is 0.336 e. The molecule has 1 N–H and O–H groups in total. The molecule has 0 amide bonds. The summed E-state index contributed by atoms with van der Waals surface area (Å²) in [5.74, 6) is -0.919. The predicted octanol–water partition coefficient (Wildman–Crippen LogP) is 4.28. The molecule has 2 aromatic rings. The van der Waals surface area contributed by atoms with Crippen molar-refractivity contribution in [2.45, 2.75) is 19.4 Å². The van der Waals surface area contributed by atoms with E-state index in [0.717, 1.165) is 12.1 Å². The molecule has 0 aliphatic carbocycles. The van der Waals surface area contributed by atoms with Crippen molar-refractivity contribution < 1.29 is 9.90 Å². The Bertz CT molecular complexity index is 598. The average Bonchev–Trinajstić information content (AvgIpc) is 2.90. The lowest BCUT2D eigenvalue weighted by Crippen LogP contribution is -2.30. The summed E-state index contributed by atoms with van der Waals surface area (Å²) in [6.45, 7) is 2.17. The number of carboxylic acid groups (broad SMARTS) is 1. The number of hydrogen-bond donors (Lipinski definition) is 1. The van der Waals surface area contributed by atoms with E-state index in [1.807, 2.05) is 19.2 Å². The van der Waals surface area contributed by atoms with Crippen LogP contribution in [-0.4, -0.2) is 24.2 Å². The highest BCUT2D eigenvalue weighted by Gasteiger charge is 2.14. The van der Waals surface area contributed by atoms with Gasteiger partial charge in [-0.25, -0.2) is 4.79 Å². The van der Waals surface area contributed by atoms with E-state index in [0.29, 0.717) is 10.5 Å². The molecular formula is C15H16BrNO2S. The molecule has 0 radical (unpaired) electrons. The maximum atomic E-state index is 11.0. The zero-order chi connectivity index (χ0) is 14.7. The van der Waals surface area contributed by atoms with Gasteiger partial charge in [-0.15, -0.1) is 11.3 Å². The van der Waals surface area contributed by atoms with E-state index in [1.54, 1.807) is 17.4 Å². The molecule has 5 heteroatoms. The maximum absolute atomic E-state index is 11.0. The normalized spacial score (nSPS) is 12.2. The first-order chi connectivity index (χ1) is 9.49. The van der Waals surface area contributed by atoms with Crippen LogP contribution in [0.15, 0.2) is 40.2 Å². The van der Waals surface area contributed by atoms with Gasteiger partial charge in [-0.1, -0.05) is 6.07 Å². The molecule has 0 spiro atoms. The number of thiophene rings is 1. The van der Waals surface area contributed by atoms with Gasteiger partial charge in [0, 0.05) is 34.5 Å². The lowest BCUT2D eigenvalue weighted by molar-refractivity contribution is 0.0696. The van der Waals surface area contributed by atoms with Crippen LogP contribution < -0.4 is 4.90 Å². The number of aromatic carboxylic acids is 1. The van der Waals surface area contributed by atoms with Crippen molar-refractivity contribution >= 4 is 38.9 Å². The average molecular weight is 354 g/mol. The summed E-state index contributed by atoms with van der Waals surface area (Å²) in [4.78, 5) is 14.5.